The van der Waals surface area contributed by atoms with Crippen molar-refractivity contribution >= 4 is 5.96 Å². The first-order valence-corrected chi connectivity index (χ1v) is 9.23. The summed E-state index contributed by atoms with van der Waals surface area (Å²) in [5.74, 6) is 2.90. The molecule has 1 aliphatic carbocycles. The van der Waals surface area contributed by atoms with E-state index in [9.17, 15) is 0 Å². The van der Waals surface area contributed by atoms with Crippen molar-refractivity contribution in [2.45, 2.75) is 32.4 Å². The third-order valence-electron chi connectivity index (χ3n) is 4.19. The molecule has 0 amide bonds. The lowest BCUT2D eigenvalue weighted by atomic mass is 10.2. The standard InChI is InChI=1S/C21H26N4O2/c1-3-22-21(25-17-6-4-5-7-17)24-15-16-8-13-20(23-14-16)27-19-11-9-18(26-2)10-12-19/h4-5,8-14,17H,3,6-7,15H2,1-2H3,(H2,22,24,25). The molecule has 27 heavy (non-hydrogen) atoms. The molecular weight excluding hydrogens is 340 g/mol. The van der Waals surface area contributed by atoms with Gasteiger partial charge >= 0.3 is 0 Å². The highest BCUT2D eigenvalue weighted by Crippen LogP contribution is 2.22. The zero-order chi connectivity index (χ0) is 18.9. The minimum absolute atomic E-state index is 0.432. The molecule has 3 rings (SSSR count). The predicted molar refractivity (Wildman–Crippen MR) is 107 cm³/mol. The number of ether oxygens (including phenoxy) is 2. The van der Waals surface area contributed by atoms with E-state index >= 15 is 0 Å². The minimum atomic E-state index is 0.432. The van der Waals surface area contributed by atoms with E-state index in [1.54, 1.807) is 13.3 Å². The lowest BCUT2D eigenvalue weighted by molar-refractivity contribution is 0.412. The number of nitrogens with zero attached hydrogens (tertiary/aromatic N) is 2. The van der Waals surface area contributed by atoms with E-state index in [1.807, 2.05) is 36.4 Å². The topological polar surface area (TPSA) is 67.8 Å². The number of methoxy groups -OCH3 is 1. The summed E-state index contributed by atoms with van der Waals surface area (Å²) in [7, 11) is 1.64. The number of rotatable bonds is 7. The molecule has 1 aliphatic rings. The lowest BCUT2D eigenvalue weighted by Crippen LogP contribution is -2.42. The largest absolute Gasteiger partial charge is 0.497 e. The van der Waals surface area contributed by atoms with Crippen LogP contribution < -0.4 is 20.1 Å². The van der Waals surface area contributed by atoms with Crippen molar-refractivity contribution in [1.82, 2.24) is 15.6 Å². The molecule has 1 aromatic carbocycles. The summed E-state index contributed by atoms with van der Waals surface area (Å²) in [5, 5.41) is 6.75. The van der Waals surface area contributed by atoms with Crippen LogP contribution in [-0.2, 0) is 6.54 Å². The highest BCUT2D eigenvalue weighted by molar-refractivity contribution is 5.80. The Balaban J connectivity index is 1.56. The van der Waals surface area contributed by atoms with Crippen LogP contribution in [0.25, 0.3) is 0 Å². The van der Waals surface area contributed by atoms with Crippen LogP contribution in [0.3, 0.4) is 0 Å². The Morgan fingerprint density at radius 2 is 1.85 bits per heavy atom. The van der Waals surface area contributed by atoms with Crippen LogP contribution in [0.1, 0.15) is 25.3 Å². The molecular formula is C21H26N4O2. The normalized spacial score (nSPS) is 14.2. The van der Waals surface area contributed by atoms with Gasteiger partial charge in [-0.25, -0.2) is 9.98 Å². The summed E-state index contributed by atoms with van der Waals surface area (Å²) in [4.78, 5) is 9.02. The molecule has 0 bridgehead atoms. The minimum Gasteiger partial charge on any atom is -0.497 e. The van der Waals surface area contributed by atoms with Crippen molar-refractivity contribution in [2.75, 3.05) is 13.7 Å². The van der Waals surface area contributed by atoms with Gasteiger partial charge in [0.25, 0.3) is 0 Å². The molecule has 1 aromatic heterocycles. The van der Waals surface area contributed by atoms with E-state index < -0.39 is 0 Å². The fourth-order valence-corrected chi connectivity index (χ4v) is 2.75. The van der Waals surface area contributed by atoms with Crippen LogP contribution in [0.5, 0.6) is 17.4 Å². The fraction of sp³-hybridized carbons (Fsp3) is 0.333. The van der Waals surface area contributed by atoms with Crippen molar-refractivity contribution in [1.29, 1.82) is 0 Å². The summed E-state index contributed by atoms with van der Waals surface area (Å²) in [6.45, 7) is 3.46. The van der Waals surface area contributed by atoms with Crippen molar-refractivity contribution in [3.63, 3.8) is 0 Å². The molecule has 0 radical (unpaired) electrons. The monoisotopic (exact) mass is 366 g/mol. The first-order chi connectivity index (χ1) is 13.3. The zero-order valence-corrected chi connectivity index (χ0v) is 15.8. The molecule has 0 fully saturated rings. The predicted octanol–water partition coefficient (Wildman–Crippen LogP) is 3.66. The molecule has 0 aliphatic heterocycles. The Kier molecular flexibility index (Phi) is 6.68. The summed E-state index contributed by atoms with van der Waals surface area (Å²) >= 11 is 0. The third-order valence-corrected chi connectivity index (χ3v) is 4.19. The summed E-state index contributed by atoms with van der Waals surface area (Å²) in [5.41, 5.74) is 1.03. The van der Waals surface area contributed by atoms with E-state index in [-0.39, 0.29) is 0 Å². The zero-order valence-electron chi connectivity index (χ0n) is 15.8. The van der Waals surface area contributed by atoms with Crippen LogP contribution in [0.2, 0.25) is 0 Å². The number of guanidine groups is 1. The second kappa shape index (κ2) is 9.62. The fourth-order valence-electron chi connectivity index (χ4n) is 2.75. The van der Waals surface area contributed by atoms with E-state index in [0.717, 1.165) is 42.4 Å². The maximum Gasteiger partial charge on any atom is 0.219 e. The van der Waals surface area contributed by atoms with Gasteiger partial charge in [0.2, 0.25) is 5.88 Å². The lowest BCUT2D eigenvalue weighted by Gasteiger charge is -2.16. The SMILES string of the molecule is CCNC(=NCc1ccc(Oc2ccc(OC)cc2)nc1)NC1CC=CC1. The van der Waals surface area contributed by atoms with Crippen molar-refractivity contribution in [3.05, 3.63) is 60.3 Å². The third kappa shape index (κ3) is 5.74. The van der Waals surface area contributed by atoms with Crippen molar-refractivity contribution in [3.8, 4) is 17.4 Å². The molecule has 0 saturated carbocycles. The Labute approximate surface area is 160 Å². The van der Waals surface area contributed by atoms with Gasteiger partial charge in [0.15, 0.2) is 5.96 Å². The van der Waals surface area contributed by atoms with Crippen molar-refractivity contribution in [2.24, 2.45) is 4.99 Å². The quantitative estimate of drug-likeness (QED) is 0.445. The summed E-state index contributed by atoms with van der Waals surface area (Å²) < 4.78 is 10.9. The van der Waals surface area contributed by atoms with E-state index in [2.05, 4.69) is 39.7 Å². The number of hydrogen-bond donors (Lipinski definition) is 2. The first kappa shape index (κ1) is 18.8. The van der Waals surface area contributed by atoms with E-state index in [4.69, 9.17) is 9.47 Å². The smallest absolute Gasteiger partial charge is 0.219 e. The van der Waals surface area contributed by atoms with E-state index in [1.165, 1.54) is 0 Å². The van der Waals surface area contributed by atoms with Gasteiger partial charge in [-0.05, 0) is 49.6 Å². The Morgan fingerprint density at radius 1 is 1.11 bits per heavy atom. The summed E-state index contributed by atoms with van der Waals surface area (Å²) in [6, 6.07) is 11.7. The maximum atomic E-state index is 5.75. The van der Waals surface area contributed by atoms with E-state index in [0.29, 0.717) is 18.5 Å². The van der Waals surface area contributed by atoms with Gasteiger partial charge in [0.05, 0.1) is 13.7 Å². The van der Waals surface area contributed by atoms with Gasteiger partial charge in [0.1, 0.15) is 11.5 Å². The molecule has 6 heteroatoms. The van der Waals surface area contributed by atoms with Gasteiger partial charge in [-0.15, -0.1) is 0 Å². The maximum absolute atomic E-state index is 5.75. The van der Waals surface area contributed by atoms with Crippen LogP contribution >= 0.6 is 0 Å². The molecule has 2 N–H and O–H groups in total. The number of nitrogens with one attached hydrogen (secondary N) is 2. The molecule has 0 saturated heterocycles. The molecule has 6 nitrogen and oxygen atoms in total. The van der Waals surface area contributed by atoms with Gasteiger partial charge in [-0.1, -0.05) is 18.2 Å². The molecule has 0 atom stereocenters. The number of aliphatic imine (C=N–C) groups is 1. The molecule has 142 valence electrons. The Bertz CT molecular complexity index is 762. The Hall–Kier alpha value is -3.02. The van der Waals surface area contributed by atoms with Gasteiger partial charge in [-0.3, -0.25) is 0 Å². The number of hydrogen-bond acceptors (Lipinski definition) is 4. The highest BCUT2D eigenvalue weighted by atomic mass is 16.5. The van der Waals surface area contributed by atoms with Crippen molar-refractivity contribution < 1.29 is 9.47 Å². The summed E-state index contributed by atoms with van der Waals surface area (Å²) in [6.07, 6.45) is 8.29. The number of aromatic nitrogens is 1. The second-order valence-electron chi connectivity index (χ2n) is 6.26. The first-order valence-electron chi connectivity index (χ1n) is 9.23. The molecule has 2 aromatic rings. The number of benzene rings is 1. The second-order valence-corrected chi connectivity index (χ2v) is 6.26. The van der Waals surface area contributed by atoms with Crippen LogP contribution in [0.4, 0.5) is 0 Å². The van der Waals surface area contributed by atoms with Crippen LogP contribution in [0.15, 0.2) is 59.7 Å². The van der Waals surface area contributed by atoms with Gasteiger partial charge in [-0.2, -0.15) is 0 Å². The van der Waals surface area contributed by atoms with Gasteiger partial charge in [0, 0.05) is 24.8 Å². The molecule has 0 unspecified atom stereocenters. The average Bonchev–Trinajstić information content (AvgIpc) is 3.21. The number of pyridine rings is 1. The molecule has 0 spiro atoms. The Morgan fingerprint density at radius 3 is 2.48 bits per heavy atom. The van der Waals surface area contributed by atoms with Gasteiger partial charge < -0.3 is 20.1 Å². The van der Waals surface area contributed by atoms with Crippen LogP contribution in [0, 0.1) is 0 Å². The molecule has 1 heterocycles. The average molecular weight is 366 g/mol. The van der Waals surface area contributed by atoms with Crippen LogP contribution in [-0.4, -0.2) is 30.6 Å². The highest BCUT2D eigenvalue weighted by Gasteiger charge is 2.11.